The second kappa shape index (κ2) is 11.3. The fraction of sp³-hybridized carbons (Fsp3) is 0.235. The van der Waals surface area contributed by atoms with Crippen LogP contribution < -0.4 is 24.8 Å². The minimum absolute atomic E-state index is 0. The van der Waals surface area contributed by atoms with E-state index < -0.39 is 0 Å². The standard InChI is InChI=1S/C13H9.C4H10N.2ClH.Ti/c1-3-7-12-10(5-1)9-11-6-2-4-8-13(11)12;1-4-5(2)3;;;/h1-5,7-8H,9H2;1,4H2,2-3H3;2*1H;/q2*-1;;;+4/p-2. The van der Waals surface area contributed by atoms with Gasteiger partial charge in [0.2, 0.25) is 0 Å². The number of halogens is 2. The Labute approximate surface area is 155 Å². The molecule has 0 N–H and O–H groups in total. The monoisotopic (exact) mass is 355 g/mol. The van der Waals surface area contributed by atoms with Crippen molar-refractivity contribution in [2.45, 2.75) is 6.42 Å². The molecule has 1 aliphatic carbocycles. The first-order valence-corrected chi connectivity index (χ1v) is 6.24. The molecule has 0 aliphatic heterocycles. The SMILES string of the molecule is [CH2-]CN(C)C.[Cl-].[Cl-].[Ti+4].[c-]1cccc2c1Cc1ccccc1-2. The molecule has 0 saturated heterocycles. The van der Waals surface area contributed by atoms with Crippen LogP contribution >= 0.6 is 0 Å². The Bertz CT molecular complexity index is 486. The largest absolute Gasteiger partial charge is 4.00 e. The molecule has 110 valence electrons. The van der Waals surface area contributed by atoms with E-state index in [-0.39, 0.29) is 46.5 Å². The van der Waals surface area contributed by atoms with Crippen molar-refractivity contribution in [1.82, 2.24) is 4.90 Å². The summed E-state index contributed by atoms with van der Waals surface area (Å²) in [6, 6.07) is 18.1. The zero-order chi connectivity index (χ0) is 13.0. The molecule has 0 spiro atoms. The Hall–Kier alpha value is -0.306. The fourth-order valence-corrected chi connectivity index (χ4v) is 2.00. The smallest absolute Gasteiger partial charge is 1.00 e. The second-order valence-corrected chi connectivity index (χ2v) is 4.70. The van der Waals surface area contributed by atoms with Crippen LogP contribution in [0.2, 0.25) is 0 Å². The molecule has 0 fully saturated rings. The van der Waals surface area contributed by atoms with Gasteiger partial charge in [-0.2, -0.15) is 29.8 Å². The van der Waals surface area contributed by atoms with Gasteiger partial charge in [-0.3, -0.25) is 0 Å². The number of hydrogen-bond acceptors (Lipinski definition) is 1. The predicted octanol–water partition coefficient (Wildman–Crippen LogP) is -2.55. The molecule has 2 aromatic carbocycles. The third kappa shape index (κ3) is 6.14. The zero-order valence-corrected chi connectivity index (χ0v) is 15.4. The molecular weight excluding hydrogens is 337 g/mol. The van der Waals surface area contributed by atoms with E-state index in [4.69, 9.17) is 0 Å². The van der Waals surface area contributed by atoms with E-state index in [9.17, 15) is 0 Å². The first-order valence-electron chi connectivity index (χ1n) is 6.24. The van der Waals surface area contributed by atoms with Crippen molar-refractivity contribution in [3.8, 4) is 11.1 Å². The van der Waals surface area contributed by atoms with Crippen LogP contribution in [0.25, 0.3) is 11.1 Å². The number of hydrogen-bond donors (Lipinski definition) is 0. The van der Waals surface area contributed by atoms with Gasteiger partial charge >= 0.3 is 21.7 Å². The van der Waals surface area contributed by atoms with Crippen LogP contribution in [0.3, 0.4) is 0 Å². The van der Waals surface area contributed by atoms with Gasteiger partial charge in [0, 0.05) is 0 Å². The molecule has 21 heavy (non-hydrogen) atoms. The molecule has 0 amide bonds. The van der Waals surface area contributed by atoms with Gasteiger partial charge in [0.25, 0.3) is 0 Å². The molecule has 0 heterocycles. The third-order valence-electron chi connectivity index (χ3n) is 3.06. The predicted molar refractivity (Wildman–Crippen MR) is 77.4 cm³/mol. The van der Waals surface area contributed by atoms with E-state index >= 15 is 0 Å². The molecule has 0 unspecified atom stereocenters. The Balaban J connectivity index is 0. The van der Waals surface area contributed by atoms with Crippen molar-refractivity contribution in [1.29, 1.82) is 0 Å². The Kier molecular flexibility index (Phi) is 12.3. The number of benzene rings is 2. The summed E-state index contributed by atoms with van der Waals surface area (Å²) < 4.78 is 0. The van der Waals surface area contributed by atoms with Crippen LogP contribution in [0, 0.1) is 13.0 Å². The van der Waals surface area contributed by atoms with Crippen molar-refractivity contribution >= 4 is 0 Å². The van der Waals surface area contributed by atoms with Crippen molar-refractivity contribution in [2.24, 2.45) is 0 Å². The average Bonchev–Trinajstić information content (AvgIpc) is 2.78. The first-order chi connectivity index (χ1) is 8.72. The van der Waals surface area contributed by atoms with Crippen LogP contribution in [0.1, 0.15) is 11.1 Å². The summed E-state index contributed by atoms with van der Waals surface area (Å²) in [6.45, 7) is 4.50. The normalized spacial score (nSPS) is 9.90. The van der Waals surface area contributed by atoms with E-state index in [1.165, 1.54) is 22.3 Å². The van der Waals surface area contributed by atoms with Crippen LogP contribution in [0.4, 0.5) is 0 Å². The maximum atomic E-state index is 3.61. The van der Waals surface area contributed by atoms with Crippen molar-refractivity contribution in [3.05, 3.63) is 66.6 Å². The van der Waals surface area contributed by atoms with Crippen LogP contribution in [-0.4, -0.2) is 25.5 Å². The summed E-state index contributed by atoms with van der Waals surface area (Å²) in [4.78, 5) is 2.01. The van der Waals surface area contributed by atoms with Gasteiger partial charge in [0.05, 0.1) is 0 Å². The first kappa shape index (κ1) is 23.0. The molecule has 0 aromatic heterocycles. The van der Waals surface area contributed by atoms with Crippen LogP contribution in [0.15, 0.2) is 42.5 Å². The molecule has 2 aromatic rings. The number of nitrogens with zero attached hydrogens (tertiary/aromatic N) is 1. The number of fused-ring (bicyclic) bond motifs is 3. The van der Waals surface area contributed by atoms with Crippen LogP contribution in [0.5, 0.6) is 0 Å². The van der Waals surface area contributed by atoms with Gasteiger partial charge in [0.15, 0.2) is 0 Å². The molecular formula is C17H19Cl2NTi. The molecule has 4 heteroatoms. The molecule has 3 rings (SSSR count). The van der Waals surface area contributed by atoms with E-state index in [1.807, 2.05) is 25.1 Å². The number of rotatable bonds is 1. The average molecular weight is 356 g/mol. The Morgan fingerprint density at radius 3 is 2.24 bits per heavy atom. The second-order valence-electron chi connectivity index (χ2n) is 4.70. The minimum atomic E-state index is 0. The summed E-state index contributed by atoms with van der Waals surface area (Å²) in [5.74, 6) is 0. The van der Waals surface area contributed by atoms with Gasteiger partial charge < -0.3 is 36.6 Å². The van der Waals surface area contributed by atoms with E-state index in [0.717, 1.165) is 13.0 Å². The molecule has 1 aliphatic rings. The topological polar surface area (TPSA) is 3.24 Å². The Morgan fingerprint density at radius 2 is 1.62 bits per heavy atom. The molecule has 0 atom stereocenters. The van der Waals surface area contributed by atoms with E-state index in [0.29, 0.717) is 0 Å². The zero-order valence-electron chi connectivity index (χ0n) is 12.4. The third-order valence-corrected chi connectivity index (χ3v) is 3.06. The van der Waals surface area contributed by atoms with Crippen LogP contribution in [-0.2, 0) is 28.1 Å². The quantitative estimate of drug-likeness (QED) is 0.343. The molecule has 1 nitrogen and oxygen atoms in total. The summed E-state index contributed by atoms with van der Waals surface area (Å²) in [7, 11) is 3.99. The molecule has 0 radical (unpaired) electrons. The van der Waals surface area contributed by atoms with Crippen molar-refractivity contribution in [3.63, 3.8) is 0 Å². The maximum Gasteiger partial charge on any atom is 4.00 e. The minimum Gasteiger partial charge on any atom is -1.00 e. The Morgan fingerprint density at radius 1 is 1.05 bits per heavy atom. The summed E-state index contributed by atoms with van der Waals surface area (Å²) in [5.41, 5.74) is 5.51. The van der Waals surface area contributed by atoms with Gasteiger partial charge in [-0.05, 0) is 20.5 Å². The van der Waals surface area contributed by atoms with Gasteiger partial charge in [0.1, 0.15) is 0 Å². The van der Waals surface area contributed by atoms with Crippen molar-refractivity contribution < 1.29 is 46.5 Å². The maximum absolute atomic E-state index is 3.61. The van der Waals surface area contributed by atoms with Crippen molar-refractivity contribution in [2.75, 3.05) is 20.6 Å². The molecule has 0 bridgehead atoms. The fourth-order valence-electron chi connectivity index (χ4n) is 2.00. The molecule has 0 saturated carbocycles. The summed E-state index contributed by atoms with van der Waals surface area (Å²) >= 11 is 0. The van der Waals surface area contributed by atoms with Gasteiger partial charge in [-0.15, -0.1) is 12.1 Å². The summed E-state index contributed by atoms with van der Waals surface area (Å²) in [6.07, 6.45) is 1.05. The van der Waals surface area contributed by atoms with Gasteiger partial charge in [-0.25, -0.2) is 0 Å². The van der Waals surface area contributed by atoms with E-state index in [1.54, 1.807) is 0 Å². The summed E-state index contributed by atoms with van der Waals surface area (Å²) in [5, 5.41) is 0. The van der Waals surface area contributed by atoms with E-state index in [2.05, 4.69) is 49.4 Å². The van der Waals surface area contributed by atoms with Gasteiger partial charge in [-0.1, -0.05) is 35.4 Å².